The third-order valence-electron chi connectivity index (χ3n) is 9.13. The molecule has 0 unspecified atom stereocenters. The first-order valence-electron chi connectivity index (χ1n) is 16.5. The predicted octanol–water partition coefficient (Wildman–Crippen LogP) is 12.3. The van der Waals surface area contributed by atoms with Crippen LogP contribution in [-0.2, 0) is 0 Å². The van der Waals surface area contributed by atoms with Crippen LogP contribution in [0, 0.1) is 0 Å². The maximum absolute atomic E-state index is 5.08. The summed E-state index contributed by atoms with van der Waals surface area (Å²) in [6.45, 7) is 0. The van der Waals surface area contributed by atoms with Gasteiger partial charge in [-0.3, -0.25) is 0 Å². The number of aromatic nitrogens is 4. The summed E-state index contributed by atoms with van der Waals surface area (Å²) in [6, 6.07) is 55.2. The van der Waals surface area contributed by atoms with Gasteiger partial charge in [-0.2, -0.15) is 0 Å². The van der Waals surface area contributed by atoms with Crippen molar-refractivity contribution in [1.29, 1.82) is 0 Å². The van der Waals surface area contributed by atoms with Crippen molar-refractivity contribution in [3.05, 3.63) is 158 Å². The van der Waals surface area contributed by atoms with Crippen molar-refractivity contribution in [3.63, 3.8) is 0 Å². The maximum Gasteiger partial charge on any atom is 0.164 e. The van der Waals surface area contributed by atoms with E-state index in [4.69, 9.17) is 19.9 Å². The molecular weight excluding hydrogens is 649 g/mol. The Morgan fingerprint density at radius 2 is 0.860 bits per heavy atom. The first kappa shape index (κ1) is 28.9. The highest BCUT2D eigenvalue weighted by Gasteiger charge is 2.16. The lowest BCUT2D eigenvalue weighted by Crippen LogP contribution is -2.00. The van der Waals surface area contributed by atoms with Gasteiger partial charge in [-0.15, -0.1) is 22.7 Å². The molecule has 0 spiro atoms. The summed E-state index contributed by atoms with van der Waals surface area (Å²) in [5.41, 5.74) is 7.46. The number of hydrogen-bond donors (Lipinski definition) is 0. The van der Waals surface area contributed by atoms with E-state index in [-0.39, 0.29) is 0 Å². The van der Waals surface area contributed by atoms with Gasteiger partial charge in [-0.1, -0.05) is 127 Å². The number of hydrogen-bond acceptors (Lipinski definition) is 6. The lowest BCUT2D eigenvalue weighted by molar-refractivity contribution is 1.08. The Bertz CT molecular complexity index is 2860. The molecule has 0 saturated carbocycles. The highest BCUT2D eigenvalue weighted by molar-refractivity contribution is 7.26. The van der Waals surface area contributed by atoms with E-state index in [0.29, 0.717) is 17.5 Å². The Kier molecular flexibility index (Phi) is 6.82. The minimum atomic E-state index is 0.653. The van der Waals surface area contributed by atoms with Gasteiger partial charge < -0.3 is 0 Å². The van der Waals surface area contributed by atoms with Crippen LogP contribution in [0.15, 0.2) is 158 Å². The summed E-state index contributed by atoms with van der Waals surface area (Å²) >= 11 is 3.53. The highest BCUT2D eigenvalue weighted by Crippen LogP contribution is 2.41. The first-order valence-corrected chi connectivity index (χ1v) is 18.1. The van der Waals surface area contributed by atoms with Crippen LogP contribution in [0.1, 0.15) is 0 Å². The number of benzene rings is 7. The van der Waals surface area contributed by atoms with Crippen molar-refractivity contribution in [3.8, 4) is 55.9 Å². The number of fused-ring (bicyclic) bond motifs is 5. The molecule has 0 amide bonds. The SMILES string of the molecule is c1ccc(-c2ccc3cc(-c4nc(-c5ccccc5)nc(-c5ccc6c(c5)sc5cc7nc(-c8ccccc8)sc7cc56)n4)ccc3c2)cc1. The van der Waals surface area contributed by atoms with Gasteiger partial charge in [0.25, 0.3) is 0 Å². The lowest BCUT2D eigenvalue weighted by atomic mass is 10.00. The molecule has 0 aliphatic carbocycles. The van der Waals surface area contributed by atoms with E-state index < -0.39 is 0 Å². The van der Waals surface area contributed by atoms with E-state index in [1.54, 1.807) is 22.7 Å². The second-order valence-electron chi connectivity index (χ2n) is 12.3. The first-order chi connectivity index (χ1) is 24.7. The van der Waals surface area contributed by atoms with Crippen molar-refractivity contribution < 1.29 is 0 Å². The molecular formula is C44H26N4S2. The zero-order valence-electron chi connectivity index (χ0n) is 26.6. The molecule has 4 nitrogen and oxygen atoms in total. The molecule has 50 heavy (non-hydrogen) atoms. The summed E-state index contributed by atoms with van der Waals surface area (Å²) in [6.07, 6.45) is 0. The van der Waals surface area contributed by atoms with Crippen LogP contribution in [0.5, 0.6) is 0 Å². The summed E-state index contributed by atoms with van der Waals surface area (Å²) in [5.74, 6) is 1.96. The molecule has 3 heterocycles. The minimum Gasteiger partial charge on any atom is -0.236 e. The number of nitrogens with zero attached hydrogens (tertiary/aromatic N) is 4. The van der Waals surface area contributed by atoms with Crippen LogP contribution >= 0.6 is 22.7 Å². The van der Waals surface area contributed by atoms with Crippen LogP contribution in [0.25, 0.3) is 97.0 Å². The molecule has 0 aliphatic heterocycles. The Hall–Kier alpha value is -6.08. The Morgan fingerprint density at radius 3 is 1.56 bits per heavy atom. The topological polar surface area (TPSA) is 51.6 Å². The third-order valence-corrected chi connectivity index (χ3v) is 11.3. The molecule has 234 valence electrons. The normalized spacial score (nSPS) is 11.6. The van der Waals surface area contributed by atoms with Gasteiger partial charge in [-0.05, 0) is 52.2 Å². The van der Waals surface area contributed by atoms with E-state index in [2.05, 4.69) is 115 Å². The van der Waals surface area contributed by atoms with Gasteiger partial charge in [0, 0.05) is 42.4 Å². The van der Waals surface area contributed by atoms with Crippen molar-refractivity contribution >= 4 is 63.8 Å². The molecule has 6 heteroatoms. The van der Waals surface area contributed by atoms with E-state index in [9.17, 15) is 0 Å². The number of thiophene rings is 1. The smallest absolute Gasteiger partial charge is 0.164 e. The van der Waals surface area contributed by atoms with Crippen molar-refractivity contribution in [2.45, 2.75) is 0 Å². The van der Waals surface area contributed by atoms with Gasteiger partial charge in [0.2, 0.25) is 0 Å². The second kappa shape index (κ2) is 11.8. The lowest BCUT2D eigenvalue weighted by Gasteiger charge is -2.10. The van der Waals surface area contributed by atoms with Gasteiger partial charge in [0.15, 0.2) is 17.5 Å². The van der Waals surface area contributed by atoms with E-state index in [1.165, 1.54) is 41.4 Å². The number of rotatable bonds is 5. The molecule has 0 fully saturated rings. The summed E-state index contributed by atoms with van der Waals surface area (Å²) in [7, 11) is 0. The molecule has 3 aromatic heterocycles. The van der Waals surface area contributed by atoms with Gasteiger partial charge >= 0.3 is 0 Å². The zero-order valence-corrected chi connectivity index (χ0v) is 28.2. The average Bonchev–Trinajstić information content (AvgIpc) is 3.77. The number of thiazole rings is 1. The van der Waals surface area contributed by atoms with Crippen LogP contribution < -0.4 is 0 Å². The highest BCUT2D eigenvalue weighted by atomic mass is 32.1. The Labute approximate surface area is 296 Å². The van der Waals surface area contributed by atoms with Gasteiger partial charge in [0.05, 0.1) is 10.2 Å². The quantitative estimate of drug-likeness (QED) is 0.182. The Morgan fingerprint density at radius 1 is 0.320 bits per heavy atom. The van der Waals surface area contributed by atoms with E-state index >= 15 is 0 Å². The van der Waals surface area contributed by atoms with Crippen molar-refractivity contribution in [2.24, 2.45) is 0 Å². The summed E-state index contributed by atoms with van der Waals surface area (Å²) in [4.78, 5) is 20.1. The summed E-state index contributed by atoms with van der Waals surface area (Å²) in [5, 5.41) is 5.84. The van der Waals surface area contributed by atoms with Crippen LogP contribution in [0.3, 0.4) is 0 Å². The molecule has 7 aromatic carbocycles. The third kappa shape index (κ3) is 5.13. The maximum atomic E-state index is 5.08. The fourth-order valence-corrected chi connectivity index (χ4v) is 8.74. The fraction of sp³-hybridized carbons (Fsp3) is 0. The van der Waals surface area contributed by atoms with Gasteiger partial charge in [-0.25, -0.2) is 19.9 Å². The van der Waals surface area contributed by atoms with Crippen LogP contribution in [0.2, 0.25) is 0 Å². The molecule has 0 atom stereocenters. The van der Waals surface area contributed by atoms with Gasteiger partial charge in [0.1, 0.15) is 5.01 Å². The predicted molar refractivity (Wildman–Crippen MR) is 211 cm³/mol. The summed E-state index contributed by atoms with van der Waals surface area (Å²) < 4.78 is 3.62. The van der Waals surface area contributed by atoms with E-state index in [0.717, 1.165) is 38.2 Å². The molecule has 10 aromatic rings. The molecule has 10 rings (SSSR count). The van der Waals surface area contributed by atoms with Crippen molar-refractivity contribution in [1.82, 2.24) is 19.9 Å². The van der Waals surface area contributed by atoms with E-state index in [1.807, 2.05) is 42.5 Å². The molecule has 0 bridgehead atoms. The molecule has 0 saturated heterocycles. The standard InChI is InChI=1S/C44H26N4S2/c1-4-10-27(11-5-1)30-16-17-32-23-33(19-18-31(32)22-30)42-46-41(28-12-6-2-7-13-28)47-43(48-42)34-20-21-35-36-25-40-37(26-39(36)49-38(35)24-34)45-44(50-40)29-14-8-3-9-15-29/h1-26H. The minimum absolute atomic E-state index is 0.653. The molecule has 0 radical (unpaired) electrons. The monoisotopic (exact) mass is 674 g/mol. The second-order valence-corrected chi connectivity index (χ2v) is 14.4. The zero-order chi connectivity index (χ0) is 33.0. The molecule has 0 N–H and O–H groups in total. The van der Waals surface area contributed by atoms with Crippen LogP contribution in [-0.4, -0.2) is 19.9 Å². The average molecular weight is 675 g/mol. The largest absolute Gasteiger partial charge is 0.236 e. The molecule has 0 aliphatic rings. The van der Waals surface area contributed by atoms with Crippen molar-refractivity contribution in [2.75, 3.05) is 0 Å². The fourth-order valence-electron chi connectivity index (χ4n) is 6.59. The van der Waals surface area contributed by atoms with Crippen LogP contribution in [0.4, 0.5) is 0 Å². The Balaban J connectivity index is 1.07.